The van der Waals surface area contributed by atoms with E-state index in [1.54, 1.807) is 17.0 Å². The number of phenols is 1. The summed E-state index contributed by atoms with van der Waals surface area (Å²) in [4.78, 5) is 18.8. The molecular formula is C20H21N3O2S. The fourth-order valence-corrected chi connectivity index (χ4v) is 3.33. The highest BCUT2D eigenvalue weighted by Crippen LogP contribution is 2.25. The third kappa shape index (κ3) is 4.40. The van der Waals surface area contributed by atoms with Gasteiger partial charge in [-0.15, -0.1) is 11.3 Å². The Balaban J connectivity index is 1.70. The Morgan fingerprint density at radius 3 is 2.62 bits per heavy atom. The molecule has 0 bridgehead atoms. The lowest BCUT2D eigenvalue weighted by molar-refractivity contribution is 0.208. The first-order valence-electron chi connectivity index (χ1n) is 8.51. The van der Waals surface area contributed by atoms with Gasteiger partial charge < -0.3 is 10.0 Å². The van der Waals surface area contributed by atoms with E-state index in [2.05, 4.69) is 10.3 Å². The van der Waals surface area contributed by atoms with Crippen molar-refractivity contribution >= 4 is 22.5 Å². The molecule has 6 heteroatoms. The van der Waals surface area contributed by atoms with Crippen molar-refractivity contribution in [3.63, 3.8) is 0 Å². The third-order valence-electron chi connectivity index (χ3n) is 3.92. The fraction of sp³-hybridized carbons (Fsp3) is 0.200. The number of nitrogens with zero attached hydrogens (tertiary/aromatic N) is 2. The third-order valence-corrected chi connectivity index (χ3v) is 4.68. The summed E-state index contributed by atoms with van der Waals surface area (Å²) in [5.74, 6) is 0.196. The maximum Gasteiger partial charge on any atom is 0.323 e. The Hall–Kier alpha value is -2.86. The predicted molar refractivity (Wildman–Crippen MR) is 105 cm³/mol. The summed E-state index contributed by atoms with van der Waals surface area (Å²) in [6.45, 7) is 2.96. The van der Waals surface area contributed by atoms with Gasteiger partial charge >= 0.3 is 6.03 Å². The molecule has 0 atom stereocenters. The highest BCUT2D eigenvalue weighted by Gasteiger charge is 2.16. The van der Waals surface area contributed by atoms with Crippen LogP contribution < -0.4 is 5.32 Å². The van der Waals surface area contributed by atoms with Crippen molar-refractivity contribution in [2.24, 2.45) is 0 Å². The number of para-hydroxylation sites is 1. The van der Waals surface area contributed by atoms with E-state index in [1.807, 2.05) is 54.8 Å². The monoisotopic (exact) mass is 367 g/mol. The lowest BCUT2D eigenvalue weighted by atomic mass is 10.2. The number of phenolic OH excluding ortho intramolecular Hbond substituents is 1. The number of aromatic nitrogens is 1. The second-order valence-corrected chi connectivity index (χ2v) is 6.74. The van der Waals surface area contributed by atoms with E-state index >= 15 is 0 Å². The van der Waals surface area contributed by atoms with Gasteiger partial charge in [0.1, 0.15) is 5.75 Å². The number of hydrogen-bond acceptors (Lipinski definition) is 4. The molecule has 2 aromatic carbocycles. The molecule has 0 radical (unpaired) electrons. The first kappa shape index (κ1) is 17.9. The quantitative estimate of drug-likeness (QED) is 0.647. The molecule has 2 amide bonds. The molecular weight excluding hydrogens is 346 g/mol. The molecule has 1 aromatic heterocycles. The van der Waals surface area contributed by atoms with Crippen LogP contribution in [0.2, 0.25) is 0 Å². The van der Waals surface area contributed by atoms with Crippen LogP contribution in [0.15, 0.2) is 60.0 Å². The van der Waals surface area contributed by atoms with Crippen LogP contribution in [0, 0.1) is 0 Å². The summed E-state index contributed by atoms with van der Waals surface area (Å²) in [6.07, 6.45) is 0.828. The highest BCUT2D eigenvalue weighted by molar-refractivity contribution is 7.14. The van der Waals surface area contributed by atoms with Gasteiger partial charge in [0.15, 0.2) is 5.13 Å². The van der Waals surface area contributed by atoms with Crippen molar-refractivity contribution in [1.82, 2.24) is 9.88 Å². The van der Waals surface area contributed by atoms with E-state index in [9.17, 15) is 9.90 Å². The number of benzene rings is 2. The molecule has 0 saturated heterocycles. The normalized spacial score (nSPS) is 10.5. The van der Waals surface area contributed by atoms with Crippen molar-refractivity contribution in [1.29, 1.82) is 0 Å². The lowest BCUT2D eigenvalue weighted by Gasteiger charge is -2.22. The van der Waals surface area contributed by atoms with Gasteiger partial charge in [-0.3, -0.25) is 5.32 Å². The zero-order valence-corrected chi connectivity index (χ0v) is 15.4. The van der Waals surface area contributed by atoms with Gasteiger partial charge in [0, 0.05) is 23.1 Å². The topological polar surface area (TPSA) is 65.5 Å². The van der Waals surface area contributed by atoms with Crippen molar-refractivity contribution in [2.45, 2.75) is 19.9 Å². The molecule has 0 saturated carbocycles. The molecule has 0 aliphatic rings. The molecule has 0 aliphatic heterocycles. The van der Waals surface area contributed by atoms with Crippen LogP contribution in [-0.2, 0) is 6.54 Å². The minimum atomic E-state index is -0.218. The summed E-state index contributed by atoms with van der Waals surface area (Å²) in [7, 11) is 0. The zero-order chi connectivity index (χ0) is 18.4. The summed E-state index contributed by atoms with van der Waals surface area (Å²) in [6, 6.07) is 16.7. The van der Waals surface area contributed by atoms with Crippen LogP contribution in [0.4, 0.5) is 9.93 Å². The molecule has 5 nitrogen and oxygen atoms in total. The summed E-state index contributed by atoms with van der Waals surface area (Å²) in [5, 5.41) is 15.3. The number of nitrogens with one attached hydrogen (secondary N) is 1. The summed E-state index contributed by atoms with van der Waals surface area (Å²) < 4.78 is 0. The number of urea groups is 1. The average Bonchev–Trinajstić information content (AvgIpc) is 3.12. The number of aromatic hydroxyl groups is 1. The first-order chi connectivity index (χ1) is 12.7. The van der Waals surface area contributed by atoms with Crippen LogP contribution >= 0.6 is 11.3 Å². The Morgan fingerprint density at radius 2 is 1.88 bits per heavy atom. The first-order valence-corrected chi connectivity index (χ1v) is 9.39. The van der Waals surface area contributed by atoms with E-state index in [0.717, 1.165) is 23.2 Å². The van der Waals surface area contributed by atoms with E-state index in [1.165, 1.54) is 11.3 Å². The van der Waals surface area contributed by atoms with Gasteiger partial charge in [0.2, 0.25) is 0 Å². The number of thiazole rings is 1. The Bertz CT molecular complexity index is 864. The van der Waals surface area contributed by atoms with Gasteiger partial charge in [-0.25, -0.2) is 9.78 Å². The SMILES string of the molecule is CCCN(Cc1ccccc1O)C(=O)Nc1nc(-c2ccccc2)cs1. The lowest BCUT2D eigenvalue weighted by Crippen LogP contribution is -2.35. The number of carbonyl (C=O) groups is 1. The maximum absolute atomic E-state index is 12.7. The number of rotatable bonds is 6. The molecule has 0 unspecified atom stereocenters. The molecule has 1 heterocycles. The van der Waals surface area contributed by atoms with Gasteiger partial charge in [0.25, 0.3) is 0 Å². The number of amides is 2. The molecule has 3 aromatic rings. The Labute approximate surface area is 156 Å². The number of hydrogen-bond donors (Lipinski definition) is 2. The Kier molecular flexibility index (Phi) is 5.86. The van der Waals surface area contributed by atoms with E-state index in [4.69, 9.17) is 0 Å². The molecule has 0 fully saturated rings. The van der Waals surface area contributed by atoms with Crippen LogP contribution in [0.5, 0.6) is 5.75 Å². The fourth-order valence-electron chi connectivity index (χ4n) is 2.62. The standard InChI is InChI=1S/C20H21N3O2S/c1-2-12-23(13-16-10-6-7-11-18(16)24)20(25)22-19-21-17(14-26-19)15-8-4-3-5-9-15/h3-11,14,24H,2,12-13H2,1H3,(H,21,22,25). The smallest absolute Gasteiger partial charge is 0.323 e. The molecule has 0 aliphatic carbocycles. The number of carbonyl (C=O) groups excluding carboxylic acids is 1. The number of anilines is 1. The van der Waals surface area contributed by atoms with Gasteiger partial charge in [-0.1, -0.05) is 55.5 Å². The van der Waals surface area contributed by atoms with Crippen LogP contribution in [0.1, 0.15) is 18.9 Å². The summed E-state index contributed by atoms with van der Waals surface area (Å²) >= 11 is 1.40. The van der Waals surface area contributed by atoms with Gasteiger partial charge in [-0.2, -0.15) is 0 Å². The maximum atomic E-state index is 12.7. The van der Waals surface area contributed by atoms with Crippen LogP contribution in [-0.4, -0.2) is 27.6 Å². The zero-order valence-electron chi connectivity index (χ0n) is 14.6. The molecule has 0 spiro atoms. The summed E-state index contributed by atoms with van der Waals surface area (Å²) in [5.41, 5.74) is 2.58. The van der Waals surface area contributed by atoms with Crippen molar-refractivity contribution in [3.05, 3.63) is 65.5 Å². The van der Waals surface area contributed by atoms with E-state index in [-0.39, 0.29) is 11.8 Å². The highest BCUT2D eigenvalue weighted by atomic mass is 32.1. The van der Waals surface area contributed by atoms with E-state index < -0.39 is 0 Å². The molecule has 2 N–H and O–H groups in total. The molecule has 3 rings (SSSR count). The van der Waals surface area contributed by atoms with Gasteiger partial charge in [0.05, 0.1) is 12.2 Å². The van der Waals surface area contributed by atoms with Crippen molar-refractivity contribution < 1.29 is 9.90 Å². The molecule has 26 heavy (non-hydrogen) atoms. The second kappa shape index (κ2) is 8.49. The van der Waals surface area contributed by atoms with Crippen molar-refractivity contribution in [3.8, 4) is 17.0 Å². The van der Waals surface area contributed by atoms with Crippen LogP contribution in [0.25, 0.3) is 11.3 Å². The molecule has 134 valence electrons. The minimum Gasteiger partial charge on any atom is -0.508 e. The second-order valence-electron chi connectivity index (χ2n) is 5.88. The van der Waals surface area contributed by atoms with E-state index in [0.29, 0.717) is 18.2 Å². The van der Waals surface area contributed by atoms with Crippen LogP contribution in [0.3, 0.4) is 0 Å². The average molecular weight is 367 g/mol. The Morgan fingerprint density at radius 1 is 1.15 bits per heavy atom. The largest absolute Gasteiger partial charge is 0.508 e. The minimum absolute atomic E-state index is 0.196. The van der Waals surface area contributed by atoms with Gasteiger partial charge in [-0.05, 0) is 12.5 Å². The predicted octanol–water partition coefficient (Wildman–Crippen LogP) is 4.96. The van der Waals surface area contributed by atoms with Crippen molar-refractivity contribution in [2.75, 3.05) is 11.9 Å².